The van der Waals surface area contributed by atoms with Crippen molar-refractivity contribution in [1.29, 1.82) is 0 Å². The van der Waals surface area contributed by atoms with Crippen molar-refractivity contribution in [2.75, 3.05) is 25.4 Å². The van der Waals surface area contributed by atoms with Gasteiger partial charge in [0.15, 0.2) is 6.61 Å². The molecule has 0 radical (unpaired) electrons. The number of anilines is 1. The third kappa shape index (κ3) is 2.91. The van der Waals surface area contributed by atoms with Crippen LogP contribution in [0.4, 0.5) is 5.69 Å². The number of nitrogens with zero attached hydrogens (tertiary/aromatic N) is 1. The number of aliphatic hydroxyl groups excluding tert-OH is 2. The first-order valence-corrected chi connectivity index (χ1v) is 5.68. The molecule has 18 heavy (non-hydrogen) atoms. The molecule has 1 heterocycles. The Morgan fingerprint density at radius 1 is 1.39 bits per heavy atom. The van der Waals surface area contributed by atoms with Crippen LogP contribution in [-0.4, -0.2) is 52.9 Å². The van der Waals surface area contributed by atoms with Crippen LogP contribution in [0.5, 0.6) is 5.75 Å². The molecule has 6 heteroatoms. The van der Waals surface area contributed by atoms with E-state index >= 15 is 0 Å². The van der Waals surface area contributed by atoms with Gasteiger partial charge >= 0.3 is 0 Å². The van der Waals surface area contributed by atoms with Crippen LogP contribution in [0.1, 0.15) is 0 Å². The summed E-state index contributed by atoms with van der Waals surface area (Å²) in [5, 5.41) is 18.7. The first kappa shape index (κ1) is 12.7. The third-order valence-corrected chi connectivity index (χ3v) is 2.83. The highest BCUT2D eigenvalue weighted by Gasteiger charge is 2.32. The van der Waals surface area contributed by atoms with Crippen molar-refractivity contribution >= 4 is 11.6 Å². The topological polar surface area (TPSA) is 96.0 Å². The van der Waals surface area contributed by atoms with Gasteiger partial charge in [0.05, 0.1) is 12.2 Å². The van der Waals surface area contributed by atoms with E-state index in [0.29, 0.717) is 11.4 Å². The molecule has 2 rings (SSSR count). The Kier molecular flexibility index (Phi) is 3.69. The quantitative estimate of drug-likeness (QED) is 0.613. The molecule has 1 aliphatic heterocycles. The fourth-order valence-electron chi connectivity index (χ4n) is 1.81. The van der Waals surface area contributed by atoms with Gasteiger partial charge < -0.3 is 25.6 Å². The van der Waals surface area contributed by atoms with E-state index in [1.807, 2.05) is 0 Å². The predicted molar refractivity (Wildman–Crippen MR) is 64.9 cm³/mol. The Balaban J connectivity index is 1.85. The fourth-order valence-corrected chi connectivity index (χ4v) is 1.81. The molecule has 6 nitrogen and oxygen atoms in total. The molecule has 2 unspecified atom stereocenters. The summed E-state index contributed by atoms with van der Waals surface area (Å²) in [6, 6.07) is 6.79. The number of likely N-dealkylation sites (tertiary alicyclic amines) is 1. The van der Waals surface area contributed by atoms with Gasteiger partial charge in [-0.15, -0.1) is 0 Å². The van der Waals surface area contributed by atoms with Gasteiger partial charge in [-0.2, -0.15) is 0 Å². The molecule has 0 aliphatic carbocycles. The number of hydrogen-bond acceptors (Lipinski definition) is 5. The minimum absolute atomic E-state index is 0.136. The summed E-state index contributed by atoms with van der Waals surface area (Å²) in [5.74, 6) is 0.247. The zero-order valence-corrected chi connectivity index (χ0v) is 9.82. The molecule has 0 aromatic heterocycles. The summed E-state index contributed by atoms with van der Waals surface area (Å²) in [7, 11) is 0. The number of benzene rings is 1. The molecule has 2 atom stereocenters. The second kappa shape index (κ2) is 5.24. The van der Waals surface area contributed by atoms with Crippen molar-refractivity contribution in [3.63, 3.8) is 0 Å². The number of aliphatic hydroxyl groups is 2. The normalized spacial score (nSPS) is 23.1. The van der Waals surface area contributed by atoms with Gasteiger partial charge in [-0.1, -0.05) is 6.07 Å². The molecule has 1 aromatic rings. The van der Waals surface area contributed by atoms with E-state index in [4.69, 9.17) is 10.5 Å². The van der Waals surface area contributed by atoms with Crippen molar-refractivity contribution in [2.24, 2.45) is 0 Å². The number of nitrogen functional groups attached to an aromatic ring is 1. The van der Waals surface area contributed by atoms with Crippen LogP contribution in [0.15, 0.2) is 24.3 Å². The average Bonchev–Trinajstić information content (AvgIpc) is 2.67. The number of hydrogen-bond donors (Lipinski definition) is 3. The molecule has 1 saturated heterocycles. The molecule has 1 fully saturated rings. The summed E-state index contributed by atoms with van der Waals surface area (Å²) in [6.07, 6.45) is -1.75. The smallest absolute Gasteiger partial charge is 0.260 e. The standard InChI is InChI=1S/C12H16N2O4/c13-8-2-1-3-9(4-8)18-7-12(17)14-5-10(15)11(16)6-14/h1-4,10-11,15-16H,5-7,13H2. The van der Waals surface area contributed by atoms with Crippen LogP contribution in [0.2, 0.25) is 0 Å². The molecule has 1 aliphatic rings. The van der Waals surface area contributed by atoms with Gasteiger partial charge in [0.25, 0.3) is 5.91 Å². The van der Waals surface area contributed by atoms with Crippen LogP contribution >= 0.6 is 0 Å². The highest BCUT2D eigenvalue weighted by Crippen LogP contribution is 2.15. The summed E-state index contributed by atoms with van der Waals surface area (Å²) in [6.45, 7) is 0.142. The summed E-state index contributed by atoms with van der Waals surface area (Å²) < 4.78 is 5.30. The van der Waals surface area contributed by atoms with Crippen LogP contribution in [0.25, 0.3) is 0 Å². The number of β-amino-alcohol motifs (C(OH)–C–C–N with tert-alkyl or cyclic N) is 2. The van der Waals surface area contributed by atoms with E-state index in [1.54, 1.807) is 24.3 Å². The largest absolute Gasteiger partial charge is 0.484 e. The van der Waals surface area contributed by atoms with Crippen molar-refractivity contribution in [3.8, 4) is 5.75 Å². The maximum Gasteiger partial charge on any atom is 0.260 e. The van der Waals surface area contributed by atoms with Gasteiger partial charge in [0.1, 0.15) is 5.75 Å². The summed E-state index contributed by atoms with van der Waals surface area (Å²) >= 11 is 0. The lowest BCUT2D eigenvalue weighted by Crippen LogP contribution is -2.33. The van der Waals surface area contributed by atoms with Crippen molar-refractivity contribution < 1.29 is 19.7 Å². The predicted octanol–water partition coefficient (Wildman–Crippen LogP) is -0.788. The minimum Gasteiger partial charge on any atom is -0.484 e. The maximum absolute atomic E-state index is 11.7. The Bertz CT molecular complexity index is 428. The number of nitrogens with two attached hydrogens (primary N) is 1. The van der Waals surface area contributed by atoms with Crippen LogP contribution < -0.4 is 10.5 Å². The monoisotopic (exact) mass is 252 g/mol. The molecule has 0 spiro atoms. The molecular weight excluding hydrogens is 236 g/mol. The zero-order valence-electron chi connectivity index (χ0n) is 9.82. The molecule has 4 N–H and O–H groups in total. The summed E-state index contributed by atoms with van der Waals surface area (Å²) in [4.78, 5) is 13.1. The Morgan fingerprint density at radius 3 is 2.67 bits per heavy atom. The SMILES string of the molecule is Nc1cccc(OCC(=O)N2CC(O)C(O)C2)c1. The van der Waals surface area contributed by atoms with Gasteiger partial charge in [-0.25, -0.2) is 0 Å². The molecule has 1 aromatic carbocycles. The minimum atomic E-state index is -0.874. The second-order valence-electron chi connectivity index (χ2n) is 4.29. The van der Waals surface area contributed by atoms with E-state index in [1.165, 1.54) is 4.90 Å². The second-order valence-corrected chi connectivity index (χ2v) is 4.29. The van der Waals surface area contributed by atoms with Crippen molar-refractivity contribution in [2.45, 2.75) is 12.2 Å². The molecule has 0 saturated carbocycles. The maximum atomic E-state index is 11.7. The van der Waals surface area contributed by atoms with Gasteiger partial charge in [-0.05, 0) is 12.1 Å². The van der Waals surface area contributed by atoms with Crippen molar-refractivity contribution in [1.82, 2.24) is 4.90 Å². The summed E-state index contributed by atoms with van der Waals surface area (Å²) in [5.41, 5.74) is 6.14. The van der Waals surface area contributed by atoms with Crippen LogP contribution in [0.3, 0.4) is 0 Å². The lowest BCUT2D eigenvalue weighted by atomic mass is 10.3. The number of amides is 1. The van der Waals surface area contributed by atoms with E-state index in [9.17, 15) is 15.0 Å². The first-order valence-electron chi connectivity index (χ1n) is 5.68. The van der Waals surface area contributed by atoms with E-state index in [-0.39, 0.29) is 25.6 Å². The number of ether oxygens (including phenoxy) is 1. The number of carbonyl (C=O) groups is 1. The lowest BCUT2D eigenvalue weighted by molar-refractivity contribution is -0.132. The highest BCUT2D eigenvalue weighted by molar-refractivity contribution is 5.78. The Morgan fingerprint density at radius 2 is 2.06 bits per heavy atom. The van der Waals surface area contributed by atoms with Crippen LogP contribution in [0, 0.1) is 0 Å². The van der Waals surface area contributed by atoms with Crippen LogP contribution in [-0.2, 0) is 4.79 Å². The molecule has 98 valence electrons. The Labute approximate surface area is 105 Å². The number of carbonyl (C=O) groups excluding carboxylic acids is 1. The zero-order chi connectivity index (χ0) is 13.1. The van der Waals surface area contributed by atoms with Crippen molar-refractivity contribution in [3.05, 3.63) is 24.3 Å². The molecule has 1 amide bonds. The van der Waals surface area contributed by atoms with E-state index in [2.05, 4.69) is 0 Å². The van der Waals surface area contributed by atoms with Gasteiger partial charge in [-0.3, -0.25) is 4.79 Å². The fraction of sp³-hybridized carbons (Fsp3) is 0.417. The lowest BCUT2D eigenvalue weighted by Gasteiger charge is -2.15. The molecular formula is C12H16N2O4. The van der Waals surface area contributed by atoms with E-state index < -0.39 is 12.2 Å². The Hall–Kier alpha value is -1.79. The van der Waals surface area contributed by atoms with Gasteiger partial charge in [0.2, 0.25) is 0 Å². The van der Waals surface area contributed by atoms with E-state index in [0.717, 1.165) is 0 Å². The molecule has 0 bridgehead atoms. The first-order chi connectivity index (χ1) is 8.56. The van der Waals surface area contributed by atoms with Gasteiger partial charge in [0, 0.05) is 24.8 Å². The third-order valence-electron chi connectivity index (χ3n) is 2.83. The highest BCUT2D eigenvalue weighted by atomic mass is 16.5. The number of rotatable bonds is 3. The average molecular weight is 252 g/mol.